The van der Waals surface area contributed by atoms with Crippen LogP contribution in [-0.2, 0) is 26.5 Å². The molecule has 3 aromatic carbocycles. The van der Waals surface area contributed by atoms with E-state index in [1.54, 1.807) is 45.9 Å². The van der Waals surface area contributed by atoms with Crippen LogP contribution in [0.4, 0.5) is 17.1 Å². The highest BCUT2D eigenvalue weighted by molar-refractivity contribution is 6.07. The minimum atomic E-state index is -1.80. The first-order chi connectivity index (χ1) is 19.9. The molecule has 2 aliphatic heterocycles. The number of para-hydroxylation sites is 2. The molecule has 41 heavy (non-hydrogen) atoms. The topological polar surface area (TPSA) is 101 Å². The average Bonchev–Trinajstić information content (AvgIpc) is 3.57. The summed E-state index contributed by atoms with van der Waals surface area (Å²) in [5.74, 6) is -1.12. The van der Waals surface area contributed by atoms with Gasteiger partial charge < -0.3 is 20.0 Å². The molecule has 1 saturated heterocycles. The SMILES string of the molecule is C[C@@H](/C=C/CC(=O)N1CCC[C@H]1CO)[C@]1(O)C(=O)N(Cc2cccc(N(C=O)c3ccccc3)c2)c2ccccc21. The molecule has 0 radical (unpaired) electrons. The van der Waals surface area contributed by atoms with Crippen LogP contribution in [0.2, 0.25) is 0 Å². The predicted molar refractivity (Wildman–Crippen MR) is 157 cm³/mol. The number of benzene rings is 3. The molecule has 0 bridgehead atoms. The Bertz CT molecular complexity index is 1440. The lowest BCUT2D eigenvalue weighted by molar-refractivity contribution is -0.139. The van der Waals surface area contributed by atoms with Crippen molar-refractivity contribution in [2.75, 3.05) is 23.0 Å². The zero-order valence-corrected chi connectivity index (χ0v) is 23.1. The number of rotatable bonds is 10. The Labute approximate surface area is 240 Å². The van der Waals surface area contributed by atoms with Crippen molar-refractivity contribution in [3.05, 3.63) is 102 Å². The van der Waals surface area contributed by atoms with Gasteiger partial charge in [0.2, 0.25) is 12.3 Å². The summed E-state index contributed by atoms with van der Waals surface area (Å²) in [7, 11) is 0. The summed E-state index contributed by atoms with van der Waals surface area (Å²) in [6, 6.07) is 23.8. The van der Waals surface area contributed by atoms with Gasteiger partial charge in [-0.25, -0.2) is 0 Å². The zero-order valence-electron chi connectivity index (χ0n) is 23.1. The lowest BCUT2D eigenvalue weighted by Gasteiger charge is -2.28. The highest BCUT2D eigenvalue weighted by atomic mass is 16.3. The van der Waals surface area contributed by atoms with E-state index < -0.39 is 17.4 Å². The van der Waals surface area contributed by atoms with Crippen molar-refractivity contribution in [1.82, 2.24) is 4.90 Å². The zero-order chi connectivity index (χ0) is 29.0. The molecule has 0 unspecified atom stereocenters. The molecule has 8 nitrogen and oxygen atoms in total. The van der Waals surface area contributed by atoms with Crippen molar-refractivity contribution >= 4 is 35.3 Å². The molecular formula is C33H35N3O5. The van der Waals surface area contributed by atoms with Crippen molar-refractivity contribution in [2.45, 2.75) is 44.4 Å². The number of likely N-dealkylation sites (tertiary alicyclic amines) is 1. The van der Waals surface area contributed by atoms with Gasteiger partial charge in [-0.1, -0.05) is 67.6 Å². The smallest absolute Gasteiger partial charge is 0.264 e. The second-order valence-electron chi connectivity index (χ2n) is 10.6. The molecule has 2 aliphatic rings. The molecule has 0 spiro atoms. The third-order valence-corrected chi connectivity index (χ3v) is 8.13. The number of nitrogens with zero attached hydrogens (tertiary/aromatic N) is 3. The van der Waals surface area contributed by atoms with Crippen molar-refractivity contribution in [1.29, 1.82) is 0 Å². The van der Waals surface area contributed by atoms with E-state index in [1.165, 1.54) is 0 Å². The minimum absolute atomic E-state index is 0.0466. The number of aliphatic hydroxyl groups excluding tert-OH is 1. The molecule has 0 saturated carbocycles. The number of amides is 3. The molecule has 2 heterocycles. The second-order valence-corrected chi connectivity index (χ2v) is 10.6. The Balaban J connectivity index is 1.36. The highest BCUT2D eigenvalue weighted by Gasteiger charge is 2.52. The van der Waals surface area contributed by atoms with E-state index in [1.807, 2.05) is 66.7 Å². The molecule has 212 valence electrons. The lowest BCUT2D eigenvalue weighted by Crippen LogP contribution is -2.44. The predicted octanol–water partition coefficient (Wildman–Crippen LogP) is 4.28. The van der Waals surface area contributed by atoms with Crippen molar-refractivity contribution < 1.29 is 24.6 Å². The van der Waals surface area contributed by atoms with Crippen molar-refractivity contribution in [2.24, 2.45) is 5.92 Å². The Kier molecular flexibility index (Phi) is 8.33. The van der Waals surface area contributed by atoms with E-state index in [0.717, 1.165) is 30.5 Å². The van der Waals surface area contributed by atoms with Crippen LogP contribution in [0.1, 0.15) is 37.3 Å². The Morgan fingerprint density at radius 2 is 1.80 bits per heavy atom. The normalized spacial score (nSPS) is 20.9. The molecule has 2 N–H and O–H groups in total. The number of hydrogen-bond donors (Lipinski definition) is 2. The Morgan fingerprint density at radius 3 is 2.56 bits per heavy atom. The second kappa shape index (κ2) is 12.1. The van der Waals surface area contributed by atoms with E-state index in [2.05, 4.69) is 0 Å². The van der Waals surface area contributed by atoms with Gasteiger partial charge >= 0.3 is 0 Å². The van der Waals surface area contributed by atoms with Gasteiger partial charge in [0.1, 0.15) is 0 Å². The van der Waals surface area contributed by atoms with Gasteiger partial charge in [-0.05, 0) is 48.7 Å². The lowest BCUT2D eigenvalue weighted by atomic mass is 9.83. The van der Waals surface area contributed by atoms with Gasteiger partial charge in [0.15, 0.2) is 5.60 Å². The molecule has 0 aliphatic carbocycles. The largest absolute Gasteiger partial charge is 0.394 e. The first-order valence-electron chi connectivity index (χ1n) is 14.0. The number of carbonyl (C=O) groups excluding carboxylic acids is 3. The van der Waals surface area contributed by atoms with Crippen molar-refractivity contribution in [3.63, 3.8) is 0 Å². The summed E-state index contributed by atoms with van der Waals surface area (Å²) in [4.78, 5) is 43.4. The first-order valence-corrected chi connectivity index (χ1v) is 14.0. The molecule has 8 heteroatoms. The fraction of sp³-hybridized carbons (Fsp3) is 0.303. The summed E-state index contributed by atoms with van der Waals surface area (Å²) in [5, 5.41) is 21.4. The summed E-state index contributed by atoms with van der Waals surface area (Å²) in [6.07, 6.45) is 6.00. The molecule has 3 atom stereocenters. The van der Waals surface area contributed by atoms with Gasteiger partial charge in [0, 0.05) is 35.8 Å². The number of anilines is 3. The number of fused-ring (bicyclic) bond motifs is 1. The summed E-state index contributed by atoms with van der Waals surface area (Å²) in [6.45, 7) is 2.57. The van der Waals surface area contributed by atoms with E-state index in [4.69, 9.17) is 0 Å². The maximum Gasteiger partial charge on any atom is 0.264 e. The van der Waals surface area contributed by atoms with Gasteiger partial charge in [0.25, 0.3) is 5.91 Å². The molecular weight excluding hydrogens is 518 g/mol. The van der Waals surface area contributed by atoms with Crippen LogP contribution in [0.5, 0.6) is 0 Å². The number of hydrogen-bond acceptors (Lipinski definition) is 5. The molecule has 1 fully saturated rings. The van der Waals surface area contributed by atoms with Crippen LogP contribution in [0, 0.1) is 5.92 Å². The monoisotopic (exact) mass is 553 g/mol. The summed E-state index contributed by atoms with van der Waals surface area (Å²) in [5.41, 5.74) is 1.54. The standard InChI is InChI=1S/C33H35N3O5/c1-24(10-7-18-31(39)34-19-9-15-28(34)22-37)33(41)29-16-5-6-17-30(29)35(32(33)40)21-25-11-8-14-27(20-25)36(23-38)26-12-3-2-4-13-26/h2-8,10-14,16-17,20,23-24,28,37,41H,9,15,18-19,21-22H2,1H3/b10-7+/t24-,28-,33+/m0/s1. The van der Waals surface area contributed by atoms with Crippen LogP contribution in [0.15, 0.2) is 91.0 Å². The maximum absolute atomic E-state index is 13.9. The highest BCUT2D eigenvalue weighted by Crippen LogP contribution is 2.45. The number of carbonyl (C=O) groups is 3. The van der Waals surface area contributed by atoms with Crippen LogP contribution in [0.3, 0.4) is 0 Å². The summed E-state index contributed by atoms with van der Waals surface area (Å²) < 4.78 is 0. The maximum atomic E-state index is 13.9. The fourth-order valence-electron chi connectivity index (χ4n) is 5.89. The Hall–Kier alpha value is -4.27. The van der Waals surface area contributed by atoms with Gasteiger partial charge in [-0.2, -0.15) is 0 Å². The Morgan fingerprint density at radius 1 is 1.07 bits per heavy atom. The van der Waals surface area contributed by atoms with Gasteiger partial charge in [-0.3, -0.25) is 19.3 Å². The first kappa shape index (κ1) is 28.3. The quantitative estimate of drug-likeness (QED) is 0.288. The molecule has 3 aromatic rings. The van der Waals surface area contributed by atoms with Crippen LogP contribution < -0.4 is 9.80 Å². The van der Waals surface area contributed by atoms with Crippen LogP contribution in [0.25, 0.3) is 0 Å². The molecule has 3 amide bonds. The molecule has 5 rings (SSSR count). The van der Waals surface area contributed by atoms with Crippen LogP contribution >= 0.6 is 0 Å². The van der Waals surface area contributed by atoms with Crippen LogP contribution in [-0.4, -0.2) is 52.5 Å². The van der Waals surface area contributed by atoms with E-state index >= 15 is 0 Å². The average molecular weight is 554 g/mol. The van der Waals surface area contributed by atoms with E-state index in [9.17, 15) is 24.6 Å². The minimum Gasteiger partial charge on any atom is -0.394 e. The van der Waals surface area contributed by atoms with Crippen molar-refractivity contribution in [3.8, 4) is 0 Å². The third kappa shape index (κ3) is 5.40. The van der Waals surface area contributed by atoms with Gasteiger partial charge in [0.05, 0.1) is 24.9 Å². The van der Waals surface area contributed by atoms with E-state index in [0.29, 0.717) is 23.5 Å². The summed E-state index contributed by atoms with van der Waals surface area (Å²) >= 11 is 0. The van der Waals surface area contributed by atoms with Gasteiger partial charge in [-0.15, -0.1) is 0 Å². The third-order valence-electron chi connectivity index (χ3n) is 8.13. The van der Waals surface area contributed by atoms with E-state index in [-0.39, 0.29) is 31.5 Å². The molecule has 0 aromatic heterocycles. The number of aliphatic hydroxyl groups is 2. The fourth-order valence-corrected chi connectivity index (χ4v) is 5.89.